The van der Waals surface area contributed by atoms with Gasteiger partial charge in [-0.05, 0) is 53.7 Å². The molecule has 3 aromatic heterocycles. The average molecular weight is 474 g/mol. The smallest absolute Gasteiger partial charge is 0.277 e. The number of hydrogen-bond acceptors (Lipinski definition) is 7. The van der Waals surface area contributed by atoms with E-state index in [-0.39, 0.29) is 24.1 Å². The van der Waals surface area contributed by atoms with Gasteiger partial charge in [0.25, 0.3) is 5.56 Å². The summed E-state index contributed by atoms with van der Waals surface area (Å²) in [7, 11) is 0. The molecule has 3 saturated carbocycles. The second-order valence-corrected chi connectivity index (χ2v) is 10.4. The van der Waals surface area contributed by atoms with Crippen molar-refractivity contribution in [1.82, 2.24) is 30.0 Å². The monoisotopic (exact) mass is 473 g/mol. The first-order valence-corrected chi connectivity index (χ1v) is 12.1. The fourth-order valence-corrected chi connectivity index (χ4v) is 5.85. The number of pyridine rings is 1. The first-order chi connectivity index (χ1) is 16.8. The van der Waals surface area contributed by atoms with Gasteiger partial charge in [0.15, 0.2) is 0 Å². The van der Waals surface area contributed by atoms with Crippen LogP contribution in [0.25, 0.3) is 11.1 Å². The lowest BCUT2D eigenvalue weighted by molar-refractivity contribution is -0.122. The molecule has 2 N–H and O–H groups in total. The van der Waals surface area contributed by atoms with Crippen molar-refractivity contribution in [3.8, 4) is 11.1 Å². The summed E-state index contributed by atoms with van der Waals surface area (Å²) in [5.74, 6) is 1.54. The average Bonchev–Trinajstić information content (AvgIpc) is 2.86. The Morgan fingerprint density at radius 1 is 1.11 bits per heavy atom. The molecule has 1 amide bonds. The van der Waals surface area contributed by atoms with E-state index in [0.717, 1.165) is 12.0 Å². The molecule has 6 rings (SSSR count). The van der Waals surface area contributed by atoms with E-state index in [4.69, 9.17) is 0 Å². The van der Waals surface area contributed by atoms with Crippen molar-refractivity contribution >= 4 is 11.6 Å². The number of nitrogens with one attached hydrogen (secondary N) is 2. The molecule has 3 heterocycles. The van der Waals surface area contributed by atoms with Crippen LogP contribution in [0.1, 0.15) is 39.2 Å². The standard InChI is InChI=1S/C26H31N7O2/c1-16-20-8-19(26(20,2)3)9-21(16)32-22-13-31-33(25(35)24(22)18-11-28-15-29-12-18)14-23(34)30-10-17-4-6-27-7-5-17/h4-7,11-13,15-16,19-21,32H,8-10,14H2,1-3H3,(H,30,34)/t16-,19+,20-,21-/m1/s1. The van der Waals surface area contributed by atoms with E-state index in [2.05, 4.69) is 51.5 Å². The minimum Gasteiger partial charge on any atom is -0.380 e. The Hall–Kier alpha value is -3.62. The van der Waals surface area contributed by atoms with Gasteiger partial charge in [-0.15, -0.1) is 0 Å². The lowest BCUT2D eigenvalue weighted by atomic mass is 9.45. The van der Waals surface area contributed by atoms with Gasteiger partial charge in [0.2, 0.25) is 5.91 Å². The van der Waals surface area contributed by atoms with E-state index in [1.165, 1.54) is 17.4 Å². The van der Waals surface area contributed by atoms with Gasteiger partial charge in [-0.25, -0.2) is 14.6 Å². The molecule has 0 aliphatic heterocycles. The van der Waals surface area contributed by atoms with Crippen molar-refractivity contribution in [2.45, 2.75) is 52.7 Å². The highest BCUT2D eigenvalue weighted by Crippen LogP contribution is 2.61. The van der Waals surface area contributed by atoms with Crippen molar-refractivity contribution in [2.75, 3.05) is 5.32 Å². The third-order valence-corrected chi connectivity index (χ3v) is 8.12. The Labute approximate surface area is 204 Å². The van der Waals surface area contributed by atoms with Crippen LogP contribution >= 0.6 is 0 Å². The van der Waals surface area contributed by atoms with E-state index >= 15 is 0 Å². The fourth-order valence-electron chi connectivity index (χ4n) is 5.85. The fraction of sp³-hybridized carbons (Fsp3) is 0.462. The summed E-state index contributed by atoms with van der Waals surface area (Å²) < 4.78 is 1.19. The van der Waals surface area contributed by atoms with Crippen LogP contribution in [0, 0.1) is 23.2 Å². The molecule has 0 unspecified atom stereocenters. The molecule has 0 spiro atoms. The van der Waals surface area contributed by atoms with Crippen LogP contribution in [-0.2, 0) is 17.9 Å². The number of aromatic nitrogens is 5. The predicted octanol–water partition coefficient (Wildman–Crippen LogP) is 2.89. The number of carbonyl (C=O) groups excluding carboxylic acids is 1. The van der Waals surface area contributed by atoms with Crippen LogP contribution in [0.2, 0.25) is 0 Å². The van der Waals surface area contributed by atoms with Gasteiger partial charge >= 0.3 is 0 Å². The van der Waals surface area contributed by atoms with Crippen molar-refractivity contribution in [3.63, 3.8) is 0 Å². The van der Waals surface area contributed by atoms with Gasteiger partial charge in [0.1, 0.15) is 12.9 Å². The first-order valence-electron chi connectivity index (χ1n) is 12.1. The molecular formula is C26H31N7O2. The molecule has 4 atom stereocenters. The highest BCUT2D eigenvalue weighted by Gasteiger charge is 2.56. The molecule has 0 radical (unpaired) electrons. The Morgan fingerprint density at radius 3 is 2.54 bits per heavy atom. The van der Waals surface area contributed by atoms with Crippen LogP contribution in [0.5, 0.6) is 0 Å². The molecule has 3 aliphatic rings. The summed E-state index contributed by atoms with van der Waals surface area (Å²) in [6, 6.07) is 3.92. The highest BCUT2D eigenvalue weighted by molar-refractivity contribution is 5.77. The van der Waals surface area contributed by atoms with Crippen LogP contribution in [0.15, 0.2) is 54.2 Å². The van der Waals surface area contributed by atoms with Gasteiger partial charge in [-0.3, -0.25) is 14.6 Å². The molecule has 3 aliphatic carbocycles. The number of amides is 1. The van der Waals surface area contributed by atoms with Gasteiger partial charge in [0, 0.05) is 42.9 Å². The molecule has 0 saturated heterocycles. The van der Waals surface area contributed by atoms with E-state index < -0.39 is 0 Å². The molecule has 2 bridgehead atoms. The number of rotatable bonds is 7. The van der Waals surface area contributed by atoms with E-state index in [9.17, 15) is 9.59 Å². The number of nitrogens with zero attached hydrogens (tertiary/aromatic N) is 5. The van der Waals surface area contributed by atoms with Gasteiger partial charge in [-0.1, -0.05) is 20.8 Å². The van der Waals surface area contributed by atoms with Crippen LogP contribution < -0.4 is 16.2 Å². The Bertz CT molecular complexity index is 1260. The van der Waals surface area contributed by atoms with Crippen LogP contribution in [-0.4, -0.2) is 36.7 Å². The van der Waals surface area contributed by atoms with Crippen molar-refractivity contribution in [1.29, 1.82) is 0 Å². The third-order valence-electron chi connectivity index (χ3n) is 8.12. The lowest BCUT2D eigenvalue weighted by Crippen LogP contribution is -2.58. The number of fused-ring (bicyclic) bond motifs is 2. The summed E-state index contributed by atoms with van der Waals surface area (Å²) in [5.41, 5.74) is 2.65. The molecule has 182 valence electrons. The largest absolute Gasteiger partial charge is 0.380 e. The summed E-state index contributed by atoms with van der Waals surface area (Å²) >= 11 is 0. The first kappa shape index (κ1) is 23.1. The van der Waals surface area contributed by atoms with Crippen molar-refractivity contribution in [2.24, 2.45) is 23.2 Å². The second-order valence-electron chi connectivity index (χ2n) is 10.4. The summed E-state index contributed by atoms with van der Waals surface area (Å²) in [6.07, 6.45) is 12.0. The molecular weight excluding hydrogens is 442 g/mol. The molecule has 35 heavy (non-hydrogen) atoms. The maximum absolute atomic E-state index is 13.5. The quantitative estimate of drug-likeness (QED) is 0.542. The van der Waals surface area contributed by atoms with Crippen molar-refractivity contribution in [3.05, 3.63) is 65.4 Å². The summed E-state index contributed by atoms with van der Waals surface area (Å²) in [5, 5.41) is 10.8. The van der Waals surface area contributed by atoms with E-state index in [0.29, 0.717) is 46.5 Å². The third kappa shape index (κ3) is 4.42. The predicted molar refractivity (Wildman–Crippen MR) is 132 cm³/mol. The number of hydrogen-bond donors (Lipinski definition) is 2. The van der Waals surface area contributed by atoms with Crippen molar-refractivity contribution < 1.29 is 4.79 Å². The zero-order valence-electron chi connectivity index (χ0n) is 20.3. The SMILES string of the molecule is C[C@@H]1[C@H]2C[C@@H](C[C@H]1Nc1cnn(CC(=O)NCc3ccncc3)c(=O)c1-c1cncnc1)C2(C)C. The van der Waals surface area contributed by atoms with Gasteiger partial charge in [-0.2, -0.15) is 5.10 Å². The Balaban J connectivity index is 1.38. The summed E-state index contributed by atoms with van der Waals surface area (Å²) in [4.78, 5) is 38.3. The number of anilines is 1. The maximum atomic E-state index is 13.5. The molecule has 3 fully saturated rings. The molecule has 9 heteroatoms. The Morgan fingerprint density at radius 2 is 1.86 bits per heavy atom. The van der Waals surface area contributed by atoms with Gasteiger partial charge < -0.3 is 10.6 Å². The molecule has 9 nitrogen and oxygen atoms in total. The van der Waals surface area contributed by atoms with Gasteiger partial charge in [0.05, 0.1) is 17.4 Å². The maximum Gasteiger partial charge on any atom is 0.277 e. The molecule has 0 aromatic carbocycles. The zero-order chi connectivity index (χ0) is 24.6. The summed E-state index contributed by atoms with van der Waals surface area (Å²) in [6.45, 7) is 7.21. The minimum absolute atomic E-state index is 0.178. The van der Waals surface area contributed by atoms with Crippen LogP contribution in [0.3, 0.4) is 0 Å². The van der Waals surface area contributed by atoms with Crippen LogP contribution in [0.4, 0.5) is 5.69 Å². The van der Waals surface area contributed by atoms with E-state index in [1.54, 1.807) is 31.0 Å². The molecule has 3 aromatic rings. The minimum atomic E-state index is -0.349. The highest BCUT2D eigenvalue weighted by atomic mass is 16.2. The van der Waals surface area contributed by atoms with E-state index in [1.807, 2.05) is 12.1 Å². The Kier molecular flexibility index (Phi) is 6.08. The topological polar surface area (TPSA) is 115 Å². The lowest BCUT2D eigenvalue weighted by Gasteiger charge is -2.62. The zero-order valence-corrected chi connectivity index (χ0v) is 20.3. The second kappa shape index (κ2) is 9.20. The number of carbonyl (C=O) groups is 1. The normalized spacial score (nSPS) is 24.3.